The van der Waals surface area contributed by atoms with Crippen LogP contribution in [0.4, 0.5) is 8.78 Å². The highest BCUT2D eigenvalue weighted by Crippen LogP contribution is 2.34. The van der Waals surface area contributed by atoms with Gasteiger partial charge >= 0.3 is 0 Å². The first kappa shape index (κ1) is 29.5. The molecule has 232 valence electrons. The molecule has 2 unspecified atom stereocenters. The van der Waals surface area contributed by atoms with Gasteiger partial charge in [-0.1, -0.05) is 97.1 Å². The first-order valence-corrected chi connectivity index (χ1v) is 15.2. The zero-order valence-electron chi connectivity index (χ0n) is 25.0. The maximum absolute atomic E-state index is 15.4. The Kier molecular flexibility index (Phi) is 8.61. The van der Waals surface area contributed by atoms with E-state index >= 15 is 8.78 Å². The van der Waals surface area contributed by atoms with Gasteiger partial charge in [-0.05, 0) is 44.1 Å². The lowest BCUT2D eigenvalue weighted by molar-refractivity contribution is 0.0805. The molecule has 2 aromatic heterocycles. The predicted molar refractivity (Wildman–Crippen MR) is 166 cm³/mol. The van der Waals surface area contributed by atoms with Gasteiger partial charge in [0.05, 0.1) is 13.1 Å². The van der Waals surface area contributed by atoms with Gasteiger partial charge in [-0.25, -0.2) is 18.1 Å². The Balaban J connectivity index is 1.20. The van der Waals surface area contributed by atoms with E-state index in [9.17, 15) is 0 Å². The van der Waals surface area contributed by atoms with Gasteiger partial charge in [-0.15, -0.1) is 10.2 Å². The van der Waals surface area contributed by atoms with Gasteiger partial charge in [-0.2, -0.15) is 0 Å². The standard InChI is InChI=1S/C34H32F2N10/c35-29-17-9-7-15-27(29)31(33-37-39-41-45(33)23-25-11-3-1-4-12-25)43-19-21-44(22-20-43)32(28-16-8-10-18-30(28)36)34-38-40-42-46(34)24-26-13-5-2-6-14-26/h1-18,31-32H,19-24H2. The van der Waals surface area contributed by atoms with Crippen molar-refractivity contribution in [3.8, 4) is 0 Å². The molecule has 7 rings (SSSR count). The lowest BCUT2D eigenvalue weighted by Gasteiger charge is -2.41. The number of hydrogen-bond donors (Lipinski definition) is 0. The van der Waals surface area contributed by atoms with E-state index in [1.165, 1.54) is 12.1 Å². The topological polar surface area (TPSA) is 93.7 Å². The molecule has 0 N–H and O–H groups in total. The molecule has 3 heterocycles. The summed E-state index contributed by atoms with van der Waals surface area (Å²) in [5, 5.41) is 25.4. The number of hydrogen-bond acceptors (Lipinski definition) is 8. The van der Waals surface area contributed by atoms with E-state index in [0.29, 0.717) is 62.0 Å². The van der Waals surface area contributed by atoms with Crippen molar-refractivity contribution >= 4 is 0 Å². The third kappa shape index (κ3) is 6.17. The number of nitrogens with zero attached hydrogens (tertiary/aromatic N) is 10. The van der Waals surface area contributed by atoms with Crippen molar-refractivity contribution in [2.75, 3.05) is 26.2 Å². The number of aromatic nitrogens is 8. The van der Waals surface area contributed by atoms with Crippen molar-refractivity contribution in [3.63, 3.8) is 0 Å². The van der Waals surface area contributed by atoms with Crippen LogP contribution < -0.4 is 0 Å². The molecular formula is C34H32F2N10. The number of benzene rings is 4. The molecule has 6 aromatic rings. The first-order chi connectivity index (χ1) is 22.7. The van der Waals surface area contributed by atoms with Crippen molar-refractivity contribution in [3.05, 3.63) is 155 Å². The van der Waals surface area contributed by atoms with Gasteiger partial charge in [0.1, 0.15) is 23.7 Å². The van der Waals surface area contributed by atoms with Crippen molar-refractivity contribution in [2.24, 2.45) is 0 Å². The van der Waals surface area contributed by atoms with Crippen LogP contribution in [0, 0.1) is 11.6 Å². The van der Waals surface area contributed by atoms with Crippen molar-refractivity contribution in [2.45, 2.75) is 25.2 Å². The summed E-state index contributed by atoms with van der Waals surface area (Å²) in [5.74, 6) is 0.460. The lowest BCUT2D eigenvalue weighted by atomic mass is 10.00. The van der Waals surface area contributed by atoms with Crippen LogP contribution in [0.2, 0.25) is 0 Å². The minimum absolute atomic E-state index is 0.325. The van der Waals surface area contributed by atoms with Crippen LogP contribution >= 0.6 is 0 Å². The number of tetrazole rings is 2. The summed E-state index contributed by atoms with van der Waals surface area (Å²) < 4.78 is 34.4. The second-order valence-corrected chi connectivity index (χ2v) is 11.3. The van der Waals surface area contributed by atoms with Gasteiger partial charge in [0.2, 0.25) is 0 Å². The third-order valence-electron chi connectivity index (χ3n) is 8.44. The van der Waals surface area contributed by atoms with Crippen molar-refractivity contribution in [1.29, 1.82) is 0 Å². The largest absolute Gasteiger partial charge is 0.287 e. The molecule has 4 aromatic carbocycles. The molecule has 2 atom stereocenters. The Morgan fingerprint density at radius 3 is 1.26 bits per heavy atom. The van der Waals surface area contributed by atoms with Crippen LogP contribution in [-0.4, -0.2) is 76.4 Å². The molecule has 0 amide bonds. The van der Waals surface area contributed by atoms with Crippen LogP contribution in [0.25, 0.3) is 0 Å². The normalized spacial score (nSPS) is 15.5. The summed E-state index contributed by atoms with van der Waals surface area (Å²) in [6.45, 7) is 3.08. The molecule has 0 radical (unpaired) electrons. The Morgan fingerprint density at radius 1 is 0.500 bits per heavy atom. The van der Waals surface area contributed by atoms with Crippen molar-refractivity contribution in [1.82, 2.24) is 50.2 Å². The van der Waals surface area contributed by atoms with Crippen LogP contribution in [0.15, 0.2) is 109 Å². The van der Waals surface area contributed by atoms with Crippen LogP contribution in [-0.2, 0) is 13.1 Å². The second-order valence-electron chi connectivity index (χ2n) is 11.3. The van der Waals surface area contributed by atoms with Gasteiger partial charge < -0.3 is 0 Å². The summed E-state index contributed by atoms with van der Waals surface area (Å²) in [5.41, 5.74) is 3.07. The summed E-state index contributed by atoms with van der Waals surface area (Å²) in [6.07, 6.45) is 0. The molecule has 1 aliphatic heterocycles. The van der Waals surface area contributed by atoms with E-state index in [4.69, 9.17) is 0 Å². The summed E-state index contributed by atoms with van der Waals surface area (Å²) in [6, 6.07) is 32.3. The maximum Gasteiger partial charge on any atom is 0.173 e. The molecular weight excluding hydrogens is 586 g/mol. The lowest BCUT2D eigenvalue weighted by Crippen LogP contribution is -2.50. The first-order valence-electron chi connectivity index (χ1n) is 15.2. The van der Waals surface area contributed by atoms with Gasteiger partial charge in [-0.3, -0.25) is 9.80 Å². The molecule has 10 nitrogen and oxygen atoms in total. The number of halogens is 2. The fourth-order valence-electron chi connectivity index (χ4n) is 6.20. The average molecular weight is 619 g/mol. The Bertz CT molecular complexity index is 1730. The highest BCUT2D eigenvalue weighted by Gasteiger charge is 2.36. The molecule has 0 aliphatic carbocycles. The van der Waals surface area contributed by atoms with E-state index in [2.05, 4.69) is 40.9 Å². The van der Waals surface area contributed by atoms with Gasteiger partial charge in [0.25, 0.3) is 0 Å². The number of piperazine rings is 1. The SMILES string of the molecule is Fc1ccccc1C(c1nnnn1Cc1ccccc1)N1CCN(C(c2ccccc2F)c2nnnn2Cc2ccccc2)CC1. The van der Waals surface area contributed by atoms with E-state index in [0.717, 1.165) is 11.1 Å². The molecule has 46 heavy (non-hydrogen) atoms. The molecule has 1 aliphatic rings. The van der Waals surface area contributed by atoms with Crippen molar-refractivity contribution < 1.29 is 8.78 Å². The highest BCUT2D eigenvalue weighted by atomic mass is 19.1. The second kappa shape index (κ2) is 13.4. The van der Waals surface area contributed by atoms with E-state index in [1.54, 1.807) is 33.6 Å². The Morgan fingerprint density at radius 2 is 0.870 bits per heavy atom. The maximum atomic E-state index is 15.4. The Hall–Kier alpha value is -5.20. The van der Waals surface area contributed by atoms with E-state index in [1.807, 2.05) is 72.8 Å². The molecule has 0 saturated carbocycles. The minimum atomic E-state index is -0.530. The average Bonchev–Trinajstić information content (AvgIpc) is 3.74. The zero-order valence-corrected chi connectivity index (χ0v) is 25.0. The highest BCUT2D eigenvalue weighted by molar-refractivity contribution is 5.29. The molecule has 0 bridgehead atoms. The molecule has 0 spiro atoms. The third-order valence-corrected chi connectivity index (χ3v) is 8.44. The monoisotopic (exact) mass is 618 g/mol. The summed E-state index contributed by atoms with van der Waals surface area (Å²) >= 11 is 0. The summed E-state index contributed by atoms with van der Waals surface area (Å²) in [4.78, 5) is 4.38. The van der Waals surface area contributed by atoms with Gasteiger partial charge in [0.15, 0.2) is 11.6 Å². The minimum Gasteiger partial charge on any atom is -0.287 e. The molecule has 1 fully saturated rings. The zero-order chi connectivity index (χ0) is 31.3. The number of rotatable bonds is 10. The quantitative estimate of drug-likeness (QED) is 0.221. The Labute approximate surface area is 264 Å². The van der Waals surface area contributed by atoms with Gasteiger partial charge in [0, 0.05) is 37.3 Å². The molecule has 12 heteroatoms. The van der Waals surface area contributed by atoms with Crippen LogP contribution in [0.5, 0.6) is 0 Å². The van der Waals surface area contributed by atoms with E-state index in [-0.39, 0.29) is 11.6 Å². The summed E-state index contributed by atoms with van der Waals surface area (Å²) in [7, 11) is 0. The predicted octanol–water partition coefficient (Wildman–Crippen LogP) is 4.53. The van der Waals surface area contributed by atoms with Crippen LogP contribution in [0.1, 0.15) is 46.0 Å². The van der Waals surface area contributed by atoms with E-state index < -0.39 is 12.1 Å². The molecule has 1 saturated heterocycles. The fraction of sp³-hybridized carbons (Fsp3) is 0.235. The smallest absolute Gasteiger partial charge is 0.173 e. The van der Waals surface area contributed by atoms with Crippen LogP contribution in [0.3, 0.4) is 0 Å². The fourth-order valence-corrected chi connectivity index (χ4v) is 6.20.